The number of nitro benzene ring substituents is 1. The summed E-state index contributed by atoms with van der Waals surface area (Å²) in [5, 5.41) is 16.3. The fourth-order valence-electron chi connectivity index (χ4n) is 3.11. The number of carbonyl (C=O) groups is 1. The number of amides is 1. The highest BCUT2D eigenvalue weighted by Gasteiger charge is 2.15. The lowest BCUT2D eigenvalue weighted by molar-refractivity contribution is -0.384. The van der Waals surface area contributed by atoms with E-state index in [4.69, 9.17) is 23.2 Å². The van der Waals surface area contributed by atoms with Crippen molar-refractivity contribution >= 4 is 63.7 Å². The minimum absolute atomic E-state index is 0.0988. The number of hydrogen-bond donors (Lipinski definition) is 1. The number of thioether (sulfide) groups is 1. The van der Waals surface area contributed by atoms with Gasteiger partial charge in [0.1, 0.15) is 0 Å². The van der Waals surface area contributed by atoms with Crippen LogP contribution in [0.2, 0.25) is 10.0 Å². The molecule has 3 aromatic carbocycles. The fourth-order valence-corrected chi connectivity index (χ4v) is 4.20. The largest absolute Gasteiger partial charge is 0.272 e. The quantitative estimate of drug-likeness (QED) is 0.121. The SMILES string of the molecule is O=C(CSc1nc2ccccc2c(=O)n1-c1ccc(Cl)cc1)NN=Cc1cc([N+](=O)[O-])ccc1Cl. The van der Waals surface area contributed by atoms with Crippen LogP contribution in [0.1, 0.15) is 5.56 Å². The molecule has 0 fully saturated rings. The molecule has 1 aromatic heterocycles. The molecule has 0 aliphatic carbocycles. The van der Waals surface area contributed by atoms with E-state index in [-0.39, 0.29) is 27.6 Å². The predicted molar refractivity (Wildman–Crippen MR) is 137 cm³/mol. The van der Waals surface area contributed by atoms with Crippen LogP contribution in [0, 0.1) is 10.1 Å². The van der Waals surface area contributed by atoms with Gasteiger partial charge in [0, 0.05) is 27.7 Å². The third kappa shape index (κ3) is 5.68. The third-order valence-corrected chi connectivity index (χ3v) is 6.28. The number of nitrogens with zero attached hydrogens (tertiary/aromatic N) is 4. The van der Waals surface area contributed by atoms with Gasteiger partial charge < -0.3 is 0 Å². The third-order valence-electron chi connectivity index (χ3n) is 4.75. The molecule has 0 saturated heterocycles. The Bertz CT molecular complexity index is 1520. The van der Waals surface area contributed by atoms with E-state index in [1.165, 1.54) is 29.0 Å². The van der Waals surface area contributed by atoms with Crippen LogP contribution in [0.3, 0.4) is 0 Å². The number of hydrazone groups is 1. The Kier molecular flexibility index (Phi) is 7.45. The molecule has 1 heterocycles. The average molecular weight is 528 g/mol. The van der Waals surface area contributed by atoms with Crippen LogP contribution < -0.4 is 11.0 Å². The number of rotatable bonds is 7. The second-order valence-electron chi connectivity index (χ2n) is 7.07. The van der Waals surface area contributed by atoms with Crippen molar-refractivity contribution in [2.45, 2.75) is 5.16 Å². The van der Waals surface area contributed by atoms with E-state index >= 15 is 0 Å². The van der Waals surface area contributed by atoms with Crippen LogP contribution >= 0.6 is 35.0 Å². The zero-order valence-corrected chi connectivity index (χ0v) is 20.0. The molecule has 176 valence electrons. The summed E-state index contributed by atoms with van der Waals surface area (Å²) in [6.45, 7) is 0. The minimum atomic E-state index is -0.556. The van der Waals surface area contributed by atoms with E-state index in [0.717, 1.165) is 11.8 Å². The zero-order chi connectivity index (χ0) is 24.9. The lowest BCUT2D eigenvalue weighted by atomic mass is 10.2. The van der Waals surface area contributed by atoms with Gasteiger partial charge in [0.15, 0.2) is 5.16 Å². The molecule has 1 amide bonds. The number of fused-ring (bicyclic) bond motifs is 1. The summed E-state index contributed by atoms with van der Waals surface area (Å²) < 4.78 is 1.42. The molecule has 0 bridgehead atoms. The molecule has 0 aliphatic heterocycles. The van der Waals surface area contributed by atoms with Gasteiger partial charge in [-0.25, -0.2) is 10.4 Å². The Labute approximate surface area is 212 Å². The van der Waals surface area contributed by atoms with Crippen molar-refractivity contribution in [1.29, 1.82) is 0 Å². The highest BCUT2D eigenvalue weighted by atomic mass is 35.5. The van der Waals surface area contributed by atoms with Gasteiger partial charge >= 0.3 is 0 Å². The number of non-ortho nitro benzene ring substituents is 1. The zero-order valence-electron chi connectivity index (χ0n) is 17.7. The summed E-state index contributed by atoms with van der Waals surface area (Å²) in [5.41, 5.74) is 3.25. The molecule has 35 heavy (non-hydrogen) atoms. The Balaban J connectivity index is 1.54. The fraction of sp³-hybridized carbons (Fsp3) is 0.0435. The van der Waals surface area contributed by atoms with Crippen LogP contribution in [-0.2, 0) is 4.79 Å². The minimum Gasteiger partial charge on any atom is -0.272 e. The van der Waals surface area contributed by atoms with Crippen LogP contribution in [-0.4, -0.2) is 32.3 Å². The summed E-state index contributed by atoms with van der Waals surface area (Å²) in [4.78, 5) is 40.5. The van der Waals surface area contributed by atoms with Gasteiger partial charge in [0.05, 0.1) is 33.5 Å². The first kappa shape index (κ1) is 24.4. The van der Waals surface area contributed by atoms with E-state index in [9.17, 15) is 19.7 Å². The Morgan fingerprint density at radius 3 is 2.63 bits per heavy atom. The number of nitrogens with one attached hydrogen (secondary N) is 1. The Morgan fingerprint density at radius 1 is 1.14 bits per heavy atom. The van der Waals surface area contributed by atoms with Gasteiger partial charge in [-0.2, -0.15) is 5.10 Å². The molecule has 4 aromatic rings. The molecule has 0 radical (unpaired) electrons. The standard InChI is InChI=1S/C23H15Cl2N5O4S/c24-15-5-7-16(8-6-15)29-22(32)18-3-1-2-4-20(18)27-23(29)35-13-21(31)28-26-12-14-11-17(30(33)34)9-10-19(14)25/h1-12H,13H2,(H,28,31). The van der Waals surface area contributed by atoms with Crippen molar-refractivity contribution in [3.05, 3.63) is 103 Å². The summed E-state index contributed by atoms with van der Waals surface area (Å²) in [6, 6.07) is 17.5. The van der Waals surface area contributed by atoms with Crippen molar-refractivity contribution in [3.63, 3.8) is 0 Å². The molecule has 4 rings (SSSR count). The van der Waals surface area contributed by atoms with Crippen molar-refractivity contribution < 1.29 is 9.72 Å². The maximum atomic E-state index is 13.2. The molecule has 9 nitrogen and oxygen atoms in total. The second kappa shape index (κ2) is 10.7. The average Bonchev–Trinajstić information content (AvgIpc) is 2.84. The molecule has 0 aliphatic rings. The topological polar surface area (TPSA) is 119 Å². The van der Waals surface area contributed by atoms with Crippen LogP contribution in [0.15, 0.2) is 81.8 Å². The highest BCUT2D eigenvalue weighted by Crippen LogP contribution is 2.23. The summed E-state index contributed by atoms with van der Waals surface area (Å²) in [5.74, 6) is -0.573. The summed E-state index contributed by atoms with van der Waals surface area (Å²) in [7, 11) is 0. The van der Waals surface area contributed by atoms with Crippen LogP contribution in [0.4, 0.5) is 5.69 Å². The van der Waals surface area contributed by atoms with Crippen molar-refractivity contribution in [1.82, 2.24) is 15.0 Å². The van der Waals surface area contributed by atoms with E-state index in [1.807, 2.05) is 0 Å². The van der Waals surface area contributed by atoms with E-state index in [2.05, 4.69) is 15.5 Å². The first-order valence-corrected chi connectivity index (χ1v) is 11.7. The van der Waals surface area contributed by atoms with Gasteiger partial charge in [-0.15, -0.1) is 0 Å². The number of para-hydroxylation sites is 1. The van der Waals surface area contributed by atoms with E-state index in [1.54, 1.807) is 48.5 Å². The summed E-state index contributed by atoms with van der Waals surface area (Å²) >= 11 is 13.1. The van der Waals surface area contributed by atoms with Crippen LogP contribution in [0.5, 0.6) is 0 Å². The molecule has 0 unspecified atom stereocenters. The van der Waals surface area contributed by atoms with Gasteiger partial charge in [-0.05, 0) is 42.5 Å². The molecule has 0 atom stereocenters. The number of carbonyl (C=O) groups excluding carboxylic acids is 1. The van der Waals surface area contributed by atoms with E-state index in [0.29, 0.717) is 26.8 Å². The maximum absolute atomic E-state index is 13.2. The number of benzene rings is 3. The van der Waals surface area contributed by atoms with Crippen molar-refractivity contribution in [2.24, 2.45) is 5.10 Å². The van der Waals surface area contributed by atoms with Crippen molar-refractivity contribution in [3.8, 4) is 5.69 Å². The summed E-state index contributed by atoms with van der Waals surface area (Å²) in [6.07, 6.45) is 1.22. The van der Waals surface area contributed by atoms with Gasteiger partial charge in [0.2, 0.25) is 0 Å². The number of aromatic nitrogens is 2. The molecule has 1 N–H and O–H groups in total. The molecule has 0 saturated carbocycles. The molecular weight excluding hydrogens is 513 g/mol. The predicted octanol–water partition coefficient (Wildman–Crippen LogP) is 4.84. The highest BCUT2D eigenvalue weighted by molar-refractivity contribution is 7.99. The normalized spacial score (nSPS) is 11.1. The lowest BCUT2D eigenvalue weighted by Crippen LogP contribution is -2.24. The number of hydrogen-bond acceptors (Lipinski definition) is 7. The number of nitro groups is 1. The first-order valence-electron chi connectivity index (χ1n) is 10.00. The number of halogens is 2. The Morgan fingerprint density at radius 2 is 1.89 bits per heavy atom. The maximum Gasteiger partial charge on any atom is 0.270 e. The van der Waals surface area contributed by atoms with E-state index < -0.39 is 10.8 Å². The molecular formula is C23H15Cl2N5O4S. The van der Waals surface area contributed by atoms with Crippen LogP contribution in [0.25, 0.3) is 16.6 Å². The monoisotopic (exact) mass is 527 g/mol. The smallest absolute Gasteiger partial charge is 0.270 e. The molecule has 0 spiro atoms. The molecule has 12 heteroatoms. The Hall–Kier alpha value is -3.73. The van der Waals surface area contributed by atoms with Gasteiger partial charge in [-0.3, -0.25) is 24.3 Å². The lowest BCUT2D eigenvalue weighted by Gasteiger charge is -2.13. The van der Waals surface area contributed by atoms with Gasteiger partial charge in [-0.1, -0.05) is 47.1 Å². The first-order chi connectivity index (χ1) is 16.8. The van der Waals surface area contributed by atoms with Crippen molar-refractivity contribution in [2.75, 3.05) is 5.75 Å². The van der Waals surface area contributed by atoms with Gasteiger partial charge in [0.25, 0.3) is 17.2 Å². The second-order valence-corrected chi connectivity index (χ2v) is 8.86.